The highest BCUT2D eigenvalue weighted by molar-refractivity contribution is 6.01. The average molecular weight is 350 g/mol. The van der Waals surface area contributed by atoms with Crippen molar-refractivity contribution in [1.29, 1.82) is 0 Å². The second-order valence-corrected chi connectivity index (χ2v) is 6.32. The number of hydrogen-bond donors (Lipinski definition) is 0. The maximum atomic E-state index is 13.4. The number of ketones is 1. The van der Waals surface area contributed by atoms with Crippen molar-refractivity contribution in [1.82, 2.24) is 9.36 Å². The van der Waals surface area contributed by atoms with Gasteiger partial charge in [-0.25, -0.2) is 13.8 Å². The lowest BCUT2D eigenvalue weighted by Gasteiger charge is -2.18. The van der Waals surface area contributed by atoms with Crippen molar-refractivity contribution < 1.29 is 9.18 Å². The van der Waals surface area contributed by atoms with Gasteiger partial charge in [-0.15, -0.1) is 0 Å². The minimum absolute atomic E-state index is 0.240. The Balaban J connectivity index is 2.16. The van der Waals surface area contributed by atoms with E-state index in [1.54, 1.807) is 31.2 Å². The minimum Gasteiger partial charge on any atom is -0.295 e. The zero-order valence-electron chi connectivity index (χ0n) is 14.2. The lowest BCUT2D eigenvalue weighted by molar-refractivity contribution is -0.113. The fourth-order valence-corrected chi connectivity index (χ4v) is 3.66. The van der Waals surface area contributed by atoms with Crippen molar-refractivity contribution in [2.45, 2.75) is 19.9 Å². The second kappa shape index (κ2) is 5.62. The van der Waals surface area contributed by atoms with E-state index in [0.29, 0.717) is 27.6 Å². The Morgan fingerprint density at radius 3 is 2.12 bits per heavy atom. The van der Waals surface area contributed by atoms with Gasteiger partial charge < -0.3 is 0 Å². The van der Waals surface area contributed by atoms with Gasteiger partial charge in [0, 0.05) is 5.57 Å². The van der Waals surface area contributed by atoms with Crippen molar-refractivity contribution in [2.24, 2.45) is 0 Å². The molecule has 1 aromatic heterocycles. The summed E-state index contributed by atoms with van der Waals surface area (Å²) in [5.74, 6) is -0.657. The molecule has 0 aliphatic carbocycles. The molecule has 6 heteroatoms. The monoisotopic (exact) mass is 350 g/mol. The van der Waals surface area contributed by atoms with Crippen LogP contribution in [-0.4, -0.2) is 15.1 Å². The molecule has 2 heterocycles. The summed E-state index contributed by atoms with van der Waals surface area (Å²) in [5, 5.41) is 0.592. The Morgan fingerprint density at radius 1 is 0.962 bits per heavy atom. The zero-order valence-corrected chi connectivity index (χ0v) is 14.2. The van der Waals surface area contributed by atoms with Crippen molar-refractivity contribution in [3.8, 4) is 0 Å². The number of Topliss-reactive ketones (excluding diaryl/α,β-unsaturated/α-hetero) is 1. The molecule has 3 aromatic rings. The molecule has 1 atom stereocenters. The predicted octanol–water partition coefficient (Wildman–Crippen LogP) is 2.73. The van der Waals surface area contributed by atoms with Crippen LogP contribution in [0.25, 0.3) is 16.5 Å². The molecule has 2 aromatic carbocycles. The number of allylic oxidation sites excluding steroid dienone is 2. The molecular weight excluding hydrogens is 335 g/mol. The smallest absolute Gasteiger partial charge is 0.277 e. The molecule has 0 saturated carbocycles. The molecular formula is C20H15FN2O3. The number of nitrogens with zero attached hydrogens (tertiary/aromatic N) is 2. The van der Waals surface area contributed by atoms with E-state index in [4.69, 9.17) is 0 Å². The summed E-state index contributed by atoms with van der Waals surface area (Å²) in [5.41, 5.74) is 0.607. The number of hydrogen-bond acceptors (Lipinski definition) is 3. The molecule has 0 fully saturated rings. The van der Waals surface area contributed by atoms with E-state index < -0.39 is 11.9 Å². The third-order valence-corrected chi connectivity index (χ3v) is 4.79. The molecule has 1 aliphatic rings. The van der Waals surface area contributed by atoms with Crippen LogP contribution in [0.15, 0.2) is 63.7 Å². The first-order valence-corrected chi connectivity index (χ1v) is 8.16. The third-order valence-electron chi connectivity index (χ3n) is 4.79. The number of halogens is 1. The third kappa shape index (κ3) is 2.12. The summed E-state index contributed by atoms with van der Waals surface area (Å²) >= 11 is 0. The van der Waals surface area contributed by atoms with Gasteiger partial charge in [0.05, 0.1) is 16.5 Å². The first-order valence-electron chi connectivity index (χ1n) is 8.16. The molecule has 1 unspecified atom stereocenters. The van der Waals surface area contributed by atoms with Crippen molar-refractivity contribution in [3.05, 3.63) is 86.2 Å². The number of carbonyl (C=O) groups is 1. The molecule has 1 aliphatic heterocycles. The second-order valence-electron chi connectivity index (χ2n) is 6.32. The topological polar surface area (TPSA) is 61.1 Å². The van der Waals surface area contributed by atoms with Crippen molar-refractivity contribution in [3.63, 3.8) is 0 Å². The van der Waals surface area contributed by atoms with Crippen LogP contribution in [0.2, 0.25) is 0 Å². The van der Waals surface area contributed by atoms with Crippen LogP contribution in [-0.2, 0) is 4.79 Å². The highest BCUT2D eigenvalue weighted by Crippen LogP contribution is 2.35. The number of carbonyl (C=O) groups excluding carboxylic acids is 1. The zero-order chi connectivity index (χ0) is 18.6. The van der Waals surface area contributed by atoms with Crippen LogP contribution >= 0.6 is 0 Å². The van der Waals surface area contributed by atoms with Gasteiger partial charge in [0.2, 0.25) is 0 Å². The number of rotatable bonds is 2. The van der Waals surface area contributed by atoms with Crippen LogP contribution in [0.1, 0.15) is 25.5 Å². The molecule has 4 rings (SSSR count). The average Bonchev–Trinajstić information content (AvgIpc) is 2.94. The summed E-state index contributed by atoms with van der Waals surface area (Å²) < 4.78 is 15.9. The van der Waals surface area contributed by atoms with Crippen molar-refractivity contribution >= 4 is 22.3 Å². The summed E-state index contributed by atoms with van der Waals surface area (Å²) in [6, 6.07) is 11.4. The van der Waals surface area contributed by atoms with E-state index in [1.165, 1.54) is 40.6 Å². The van der Waals surface area contributed by atoms with Gasteiger partial charge in [0.1, 0.15) is 11.9 Å². The molecule has 0 amide bonds. The number of benzene rings is 2. The number of fused-ring (bicyclic) bond motifs is 2. The predicted molar refractivity (Wildman–Crippen MR) is 96.6 cm³/mol. The molecule has 0 bridgehead atoms. The van der Waals surface area contributed by atoms with Crippen LogP contribution in [0, 0.1) is 5.82 Å². The summed E-state index contributed by atoms with van der Waals surface area (Å²) in [7, 11) is 0. The van der Waals surface area contributed by atoms with Gasteiger partial charge in [-0.3, -0.25) is 14.4 Å². The van der Waals surface area contributed by atoms with E-state index in [2.05, 4.69) is 0 Å². The molecule has 0 spiro atoms. The first kappa shape index (κ1) is 16.2. The van der Waals surface area contributed by atoms with Gasteiger partial charge in [-0.2, -0.15) is 0 Å². The fourth-order valence-electron chi connectivity index (χ4n) is 3.66. The van der Waals surface area contributed by atoms with Crippen LogP contribution in [0.4, 0.5) is 4.39 Å². The van der Waals surface area contributed by atoms with Crippen LogP contribution < -0.4 is 11.1 Å². The van der Waals surface area contributed by atoms with Gasteiger partial charge >= 0.3 is 0 Å². The van der Waals surface area contributed by atoms with Gasteiger partial charge in [-0.05, 0) is 43.7 Å². The van der Waals surface area contributed by atoms with Crippen molar-refractivity contribution in [2.75, 3.05) is 0 Å². The molecule has 0 N–H and O–H groups in total. The molecule has 26 heavy (non-hydrogen) atoms. The first-order chi connectivity index (χ1) is 12.4. The lowest BCUT2D eigenvalue weighted by atomic mass is 9.96. The fraction of sp³-hybridized carbons (Fsp3) is 0.150. The Kier molecular flexibility index (Phi) is 3.50. The van der Waals surface area contributed by atoms with E-state index in [1.807, 2.05) is 0 Å². The maximum Gasteiger partial charge on any atom is 0.277 e. The normalized spacial score (nSPS) is 16.2. The molecule has 0 radical (unpaired) electrons. The summed E-state index contributed by atoms with van der Waals surface area (Å²) in [6.45, 7) is 3.05. The molecule has 130 valence electrons. The number of aromatic nitrogens is 2. The maximum absolute atomic E-state index is 13.4. The highest BCUT2D eigenvalue weighted by atomic mass is 19.1. The quantitative estimate of drug-likeness (QED) is 0.714. The SMILES string of the molecule is CC(=O)C1=C(C)n2c(=O)c3ccccc3c(=O)n2C1c1ccc(F)cc1. The van der Waals surface area contributed by atoms with Gasteiger partial charge in [0.15, 0.2) is 5.78 Å². The van der Waals surface area contributed by atoms with E-state index in [0.717, 1.165) is 0 Å². The summed E-state index contributed by atoms with van der Waals surface area (Å²) in [6.07, 6.45) is 0. The minimum atomic E-state index is -0.766. The largest absolute Gasteiger partial charge is 0.295 e. The Morgan fingerprint density at radius 2 is 1.54 bits per heavy atom. The van der Waals surface area contributed by atoms with Gasteiger partial charge in [-0.1, -0.05) is 24.3 Å². The molecule has 0 saturated heterocycles. The Labute approximate surface area is 147 Å². The Hall–Kier alpha value is -3.28. The molecule has 5 nitrogen and oxygen atoms in total. The Bertz CT molecular complexity index is 1220. The van der Waals surface area contributed by atoms with Crippen LogP contribution in [0.5, 0.6) is 0 Å². The van der Waals surface area contributed by atoms with Gasteiger partial charge in [0.25, 0.3) is 11.1 Å². The van der Waals surface area contributed by atoms with E-state index in [-0.39, 0.29) is 16.9 Å². The highest BCUT2D eigenvalue weighted by Gasteiger charge is 2.35. The van der Waals surface area contributed by atoms with E-state index >= 15 is 0 Å². The standard InChI is InChI=1S/C20H15FN2O3/c1-11-17(12(2)24)18(13-7-9-14(21)10-8-13)23-20(26)16-6-4-3-5-15(16)19(25)22(11)23/h3-10,18H,1-2H3. The lowest BCUT2D eigenvalue weighted by Crippen LogP contribution is -2.37. The van der Waals surface area contributed by atoms with Crippen LogP contribution in [0.3, 0.4) is 0 Å². The van der Waals surface area contributed by atoms with E-state index in [9.17, 15) is 18.8 Å². The summed E-state index contributed by atoms with van der Waals surface area (Å²) in [4.78, 5) is 38.4.